The third-order valence-corrected chi connectivity index (χ3v) is 3.81. The van der Waals surface area contributed by atoms with E-state index in [-0.39, 0.29) is 5.78 Å². The highest BCUT2D eigenvalue weighted by molar-refractivity contribution is 7.13. The molecule has 0 spiro atoms. The van der Waals surface area contributed by atoms with Gasteiger partial charge in [0.15, 0.2) is 0 Å². The highest BCUT2D eigenvalue weighted by Gasteiger charge is 2.19. The van der Waals surface area contributed by atoms with Gasteiger partial charge >= 0.3 is 0 Å². The first-order valence-electron chi connectivity index (χ1n) is 5.17. The van der Waals surface area contributed by atoms with Gasteiger partial charge in [-0.05, 0) is 29.6 Å². The van der Waals surface area contributed by atoms with Crippen LogP contribution in [0.15, 0.2) is 29.6 Å². The average molecular weight is 283 g/mol. The molecule has 0 saturated heterocycles. The fraction of sp³-hybridized carbons (Fsp3) is 0.154. The van der Waals surface area contributed by atoms with Gasteiger partial charge in [0.25, 0.3) is 0 Å². The molecule has 5 heteroatoms. The van der Waals surface area contributed by atoms with E-state index in [2.05, 4.69) is 0 Å². The third kappa shape index (κ3) is 2.35. The van der Waals surface area contributed by atoms with Crippen LogP contribution in [0.4, 0.5) is 0 Å². The van der Waals surface area contributed by atoms with Crippen molar-refractivity contribution in [3.05, 3.63) is 45.1 Å². The van der Waals surface area contributed by atoms with Gasteiger partial charge in [-0.25, -0.2) is 0 Å². The fourth-order valence-corrected chi connectivity index (χ4v) is 2.66. The maximum Gasteiger partial charge on any atom is 0.208 e. The van der Waals surface area contributed by atoms with Gasteiger partial charge < -0.3 is 9.47 Å². The van der Waals surface area contributed by atoms with Crippen LogP contribution in [-0.4, -0.2) is 20.0 Å². The van der Waals surface area contributed by atoms with Crippen LogP contribution in [0.3, 0.4) is 0 Å². The molecule has 1 heterocycles. The molecule has 1 aromatic heterocycles. The summed E-state index contributed by atoms with van der Waals surface area (Å²) in [4.78, 5) is 12.9. The van der Waals surface area contributed by atoms with E-state index >= 15 is 0 Å². The molecule has 0 saturated carbocycles. The number of rotatable bonds is 4. The lowest BCUT2D eigenvalue weighted by molar-refractivity contribution is 0.103. The van der Waals surface area contributed by atoms with Crippen LogP contribution in [-0.2, 0) is 0 Å². The zero-order valence-electron chi connectivity index (χ0n) is 9.90. The van der Waals surface area contributed by atoms with Crippen LogP contribution < -0.4 is 9.47 Å². The van der Waals surface area contributed by atoms with Crippen molar-refractivity contribution in [2.75, 3.05) is 14.2 Å². The molecule has 0 fully saturated rings. The number of benzene rings is 1. The van der Waals surface area contributed by atoms with Crippen molar-refractivity contribution in [1.29, 1.82) is 0 Å². The van der Waals surface area contributed by atoms with Gasteiger partial charge in [-0.15, -0.1) is 11.3 Å². The van der Waals surface area contributed by atoms with Crippen molar-refractivity contribution in [2.45, 2.75) is 0 Å². The topological polar surface area (TPSA) is 35.5 Å². The molecule has 2 aromatic rings. The Bertz CT molecular complexity index is 577. The predicted molar refractivity (Wildman–Crippen MR) is 72.3 cm³/mol. The molecule has 18 heavy (non-hydrogen) atoms. The summed E-state index contributed by atoms with van der Waals surface area (Å²) in [5, 5.41) is 2.23. The quantitative estimate of drug-likeness (QED) is 0.803. The lowest BCUT2D eigenvalue weighted by atomic mass is 10.1. The molecule has 2 rings (SSSR count). The number of carbonyl (C=O) groups is 1. The van der Waals surface area contributed by atoms with Gasteiger partial charge in [0.2, 0.25) is 5.78 Å². The number of thiophene rings is 1. The Labute approximate surface area is 114 Å². The van der Waals surface area contributed by atoms with Crippen molar-refractivity contribution in [3.63, 3.8) is 0 Å². The standard InChI is InChI=1S/C13H11ClO3S/c1-16-8-3-4-11(17-2)9(7-8)12(15)13-10(14)5-6-18-13/h3-7H,1-2H3. The van der Waals surface area contributed by atoms with Crippen LogP contribution in [0, 0.1) is 0 Å². The van der Waals surface area contributed by atoms with Gasteiger partial charge in [0.05, 0.1) is 29.7 Å². The molecule has 94 valence electrons. The zero-order chi connectivity index (χ0) is 13.1. The summed E-state index contributed by atoms with van der Waals surface area (Å²) in [6.07, 6.45) is 0. The summed E-state index contributed by atoms with van der Waals surface area (Å²) >= 11 is 7.28. The molecular weight excluding hydrogens is 272 g/mol. The van der Waals surface area contributed by atoms with Gasteiger partial charge in [-0.1, -0.05) is 11.6 Å². The summed E-state index contributed by atoms with van der Waals surface area (Å²) in [6.45, 7) is 0. The minimum Gasteiger partial charge on any atom is -0.497 e. The Kier molecular flexibility index (Phi) is 3.89. The third-order valence-electron chi connectivity index (χ3n) is 2.47. The Morgan fingerprint density at radius 2 is 2.00 bits per heavy atom. The summed E-state index contributed by atoms with van der Waals surface area (Å²) in [6, 6.07) is 6.79. The molecule has 3 nitrogen and oxygen atoms in total. The first-order chi connectivity index (χ1) is 8.67. The fourth-order valence-electron chi connectivity index (χ4n) is 1.57. The zero-order valence-corrected chi connectivity index (χ0v) is 11.5. The van der Waals surface area contributed by atoms with Crippen LogP contribution >= 0.6 is 22.9 Å². The van der Waals surface area contributed by atoms with Crippen LogP contribution in [0.5, 0.6) is 11.5 Å². The first kappa shape index (κ1) is 12.9. The number of methoxy groups -OCH3 is 2. The Balaban J connectivity index is 2.49. The molecule has 0 aliphatic rings. The Hall–Kier alpha value is -1.52. The molecular formula is C13H11ClO3S. The summed E-state index contributed by atoms with van der Waals surface area (Å²) in [5.74, 6) is 0.947. The smallest absolute Gasteiger partial charge is 0.208 e. The number of carbonyl (C=O) groups excluding carboxylic acids is 1. The number of hydrogen-bond acceptors (Lipinski definition) is 4. The second kappa shape index (κ2) is 5.42. The number of ether oxygens (including phenoxy) is 2. The largest absolute Gasteiger partial charge is 0.497 e. The maximum atomic E-state index is 12.4. The van der Waals surface area contributed by atoms with Crippen molar-refractivity contribution < 1.29 is 14.3 Å². The number of hydrogen-bond donors (Lipinski definition) is 0. The van der Waals surface area contributed by atoms with E-state index in [1.54, 1.807) is 36.8 Å². The molecule has 0 radical (unpaired) electrons. The second-order valence-electron chi connectivity index (χ2n) is 3.49. The highest BCUT2D eigenvalue weighted by Crippen LogP contribution is 2.31. The van der Waals surface area contributed by atoms with Crippen molar-refractivity contribution in [3.8, 4) is 11.5 Å². The summed E-state index contributed by atoms with van der Waals surface area (Å²) in [7, 11) is 3.07. The lowest BCUT2D eigenvalue weighted by Crippen LogP contribution is -2.03. The molecule has 0 atom stereocenters. The van der Waals surface area contributed by atoms with Crippen molar-refractivity contribution >= 4 is 28.7 Å². The number of ketones is 1. The molecule has 1 aromatic carbocycles. The maximum absolute atomic E-state index is 12.4. The molecule has 0 N–H and O–H groups in total. The second-order valence-corrected chi connectivity index (χ2v) is 4.82. The normalized spacial score (nSPS) is 10.2. The predicted octanol–water partition coefficient (Wildman–Crippen LogP) is 3.65. The van der Waals surface area contributed by atoms with E-state index in [0.29, 0.717) is 27.0 Å². The number of halogens is 1. The molecule has 0 bridgehead atoms. The van der Waals surface area contributed by atoms with Gasteiger partial charge in [-0.2, -0.15) is 0 Å². The molecule has 0 unspecified atom stereocenters. The molecule has 0 aliphatic carbocycles. The first-order valence-corrected chi connectivity index (χ1v) is 6.43. The van der Waals surface area contributed by atoms with Crippen LogP contribution in [0.2, 0.25) is 5.02 Å². The van der Waals surface area contributed by atoms with E-state index in [1.165, 1.54) is 18.4 Å². The minimum atomic E-state index is -0.161. The summed E-state index contributed by atoms with van der Waals surface area (Å²) < 4.78 is 10.3. The molecule has 0 amide bonds. The van der Waals surface area contributed by atoms with E-state index in [1.807, 2.05) is 0 Å². The Morgan fingerprint density at radius 3 is 2.56 bits per heavy atom. The van der Waals surface area contributed by atoms with Crippen LogP contribution in [0.1, 0.15) is 15.2 Å². The SMILES string of the molecule is COc1ccc(OC)c(C(=O)c2sccc2Cl)c1. The average Bonchev–Trinajstić information content (AvgIpc) is 2.83. The lowest BCUT2D eigenvalue weighted by Gasteiger charge is -2.09. The van der Waals surface area contributed by atoms with Gasteiger partial charge in [-0.3, -0.25) is 4.79 Å². The van der Waals surface area contributed by atoms with Gasteiger partial charge in [0.1, 0.15) is 11.5 Å². The highest BCUT2D eigenvalue weighted by atomic mass is 35.5. The minimum absolute atomic E-state index is 0.161. The molecule has 0 aliphatic heterocycles. The van der Waals surface area contributed by atoms with E-state index in [4.69, 9.17) is 21.1 Å². The monoisotopic (exact) mass is 282 g/mol. The van der Waals surface area contributed by atoms with E-state index in [9.17, 15) is 4.79 Å². The van der Waals surface area contributed by atoms with Crippen molar-refractivity contribution in [2.24, 2.45) is 0 Å². The van der Waals surface area contributed by atoms with E-state index < -0.39 is 0 Å². The van der Waals surface area contributed by atoms with Crippen LogP contribution in [0.25, 0.3) is 0 Å². The Morgan fingerprint density at radius 1 is 1.22 bits per heavy atom. The van der Waals surface area contributed by atoms with Gasteiger partial charge in [0, 0.05) is 0 Å². The van der Waals surface area contributed by atoms with Crippen molar-refractivity contribution in [1.82, 2.24) is 0 Å². The van der Waals surface area contributed by atoms with E-state index in [0.717, 1.165) is 0 Å². The summed E-state index contributed by atoms with van der Waals surface area (Å²) in [5.41, 5.74) is 0.446.